The van der Waals surface area contributed by atoms with Crippen LogP contribution in [0, 0.1) is 6.07 Å². The van der Waals surface area contributed by atoms with Crippen molar-refractivity contribution in [3.63, 3.8) is 0 Å². The molecule has 2 rings (SSSR count). The fourth-order valence-electron chi connectivity index (χ4n) is 1.27. The summed E-state index contributed by atoms with van der Waals surface area (Å²) in [6.45, 7) is 0.195. The zero-order chi connectivity index (χ0) is 11.9. The Labute approximate surface area is 99.6 Å². The Hall–Kier alpha value is -2.29. The van der Waals surface area contributed by atoms with Gasteiger partial charge in [-0.1, -0.05) is 42.5 Å². The molecule has 0 fully saturated rings. The highest BCUT2D eigenvalue weighted by Crippen LogP contribution is 2.10. The van der Waals surface area contributed by atoms with Gasteiger partial charge in [-0.05, 0) is 23.8 Å². The van der Waals surface area contributed by atoms with Crippen molar-refractivity contribution in [1.29, 1.82) is 0 Å². The van der Waals surface area contributed by atoms with E-state index >= 15 is 0 Å². The molecule has 0 amide bonds. The normalized spacial score (nSPS) is 9.65. The fraction of sp³-hybridized carbons (Fsp3) is 0.0714. The summed E-state index contributed by atoms with van der Waals surface area (Å²) in [6.07, 6.45) is -0.705. The molecule has 2 aromatic rings. The molecule has 0 heterocycles. The summed E-state index contributed by atoms with van der Waals surface area (Å²) in [6, 6.07) is 18.9. The van der Waals surface area contributed by atoms with Gasteiger partial charge in [-0.25, -0.2) is 4.79 Å². The Kier molecular flexibility index (Phi) is 3.76. The summed E-state index contributed by atoms with van der Waals surface area (Å²) in [4.78, 5) is 11.3. The molecule has 0 aliphatic carbocycles. The number of carbonyl (C=O) groups excluding carboxylic acids is 1. The molecule has 0 spiro atoms. The van der Waals surface area contributed by atoms with Gasteiger partial charge in [0.05, 0.1) is 0 Å². The Morgan fingerprint density at radius 1 is 1.06 bits per heavy atom. The van der Waals surface area contributed by atoms with Gasteiger partial charge in [0.2, 0.25) is 0 Å². The van der Waals surface area contributed by atoms with E-state index in [-0.39, 0.29) is 6.61 Å². The van der Waals surface area contributed by atoms with Crippen LogP contribution < -0.4 is 4.74 Å². The maximum Gasteiger partial charge on any atom is 0.514 e. The number of carbonyl (C=O) groups is 1. The lowest BCUT2D eigenvalue weighted by molar-refractivity contribution is 0.0928. The lowest BCUT2D eigenvalue weighted by Crippen LogP contribution is -2.10. The second-order valence-electron chi connectivity index (χ2n) is 3.36. The van der Waals surface area contributed by atoms with Crippen LogP contribution in [0.1, 0.15) is 5.56 Å². The first kappa shape index (κ1) is 11.2. The van der Waals surface area contributed by atoms with Crippen LogP contribution in [0.25, 0.3) is 0 Å². The van der Waals surface area contributed by atoms with Gasteiger partial charge in [0.1, 0.15) is 12.4 Å². The molecule has 0 N–H and O–H groups in total. The van der Waals surface area contributed by atoms with Crippen LogP contribution in [0.4, 0.5) is 4.79 Å². The highest BCUT2D eigenvalue weighted by atomic mass is 16.7. The van der Waals surface area contributed by atoms with Crippen molar-refractivity contribution in [3.8, 4) is 5.75 Å². The minimum absolute atomic E-state index is 0.195. The molecular formula is C14H11O3. The largest absolute Gasteiger partial charge is 0.514 e. The van der Waals surface area contributed by atoms with Crippen LogP contribution in [-0.4, -0.2) is 6.16 Å². The molecule has 0 unspecified atom stereocenters. The van der Waals surface area contributed by atoms with Gasteiger partial charge >= 0.3 is 6.16 Å². The SMILES string of the molecule is O=C(OCc1cc[c]cc1)Oc1ccccc1. The third-order valence-electron chi connectivity index (χ3n) is 2.09. The van der Waals surface area contributed by atoms with Crippen molar-refractivity contribution >= 4 is 6.16 Å². The topological polar surface area (TPSA) is 35.5 Å². The molecule has 2 aromatic carbocycles. The van der Waals surface area contributed by atoms with Crippen molar-refractivity contribution in [2.75, 3.05) is 0 Å². The van der Waals surface area contributed by atoms with Gasteiger partial charge < -0.3 is 9.47 Å². The number of benzene rings is 2. The van der Waals surface area contributed by atoms with Crippen LogP contribution in [0.3, 0.4) is 0 Å². The molecule has 85 valence electrons. The number of hydrogen-bond acceptors (Lipinski definition) is 3. The standard InChI is InChI=1S/C14H11O3/c15-14(17-13-9-5-2-6-10-13)16-11-12-7-3-1-4-8-12/h2-10H,11H2. The highest BCUT2D eigenvalue weighted by Gasteiger charge is 2.05. The first-order valence-electron chi connectivity index (χ1n) is 5.19. The van der Waals surface area contributed by atoms with E-state index < -0.39 is 6.16 Å². The lowest BCUT2D eigenvalue weighted by Gasteiger charge is -2.05. The van der Waals surface area contributed by atoms with E-state index in [9.17, 15) is 4.79 Å². The number of para-hydroxylation sites is 1. The smallest absolute Gasteiger partial charge is 0.429 e. The lowest BCUT2D eigenvalue weighted by atomic mass is 10.2. The third kappa shape index (κ3) is 3.65. The molecule has 1 radical (unpaired) electrons. The average molecular weight is 227 g/mol. The Morgan fingerprint density at radius 3 is 2.47 bits per heavy atom. The summed E-state index contributed by atoms with van der Waals surface area (Å²) in [5.41, 5.74) is 0.897. The number of hydrogen-bond donors (Lipinski definition) is 0. The summed E-state index contributed by atoms with van der Waals surface area (Å²) in [5, 5.41) is 0. The Bertz CT molecular complexity index is 465. The predicted octanol–water partition coefficient (Wildman–Crippen LogP) is 3.20. The maximum absolute atomic E-state index is 11.3. The van der Waals surface area contributed by atoms with E-state index in [4.69, 9.17) is 9.47 Å². The van der Waals surface area contributed by atoms with Crippen molar-refractivity contribution in [1.82, 2.24) is 0 Å². The quantitative estimate of drug-likeness (QED) is 0.596. The monoisotopic (exact) mass is 227 g/mol. The van der Waals surface area contributed by atoms with Gasteiger partial charge in [-0.2, -0.15) is 0 Å². The van der Waals surface area contributed by atoms with Gasteiger partial charge in [-0.15, -0.1) is 0 Å². The van der Waals surface area contributed by atoms with Crippen molar-refractivity contribution < 1.29 is 14.3 Å². The molecule has 0 saturated carbocycles. The first-order chi connectivity index (χ1) is 8.34. The van der Waals surface area contributed by atoms with Gasteiger partial charge in [0.25, 0.3) is 0 Å². The van der Waals surface area contributed by atoms with E-state index in [2.05, 4.69) is 6.07 Å². The maximum atomic E-state index is 11.3. The molecule has 0 aliphatic heterocycles. The van der Waals surface area contributed by atoms with E-state index in [1.54, 1.807) is 36.4 Å². The van der Waals surface area contributed by atoms with Crippen LogP contribution in [0.2, 0.25) is 0 Å². The molecule has 0 bridgehead atoms. The van der Waals surface area contributed by atoms with E-state index in [1.165, 1.54) is 0 Å². The molecule has 17 heavy (non-hydrogen) atoms. The number of ether oxygens (including phenoxy) is 2. The Balaban J connectivity index is 1.83. The molecule has 0 atom stereocenters. The molecule has 0 aromatic heterocycles. The molecular weight excluding hydrogens is 216 g/mol. The highest BCUT2D eigenvalue weighted by molar-refractivity contribution is 5.63. The van der Waals surface area contributed by atoms with Crippen LogP contribution in [0.5, 0.6) is 5.75 Å². The van der Waals surface area contributed by atoms with Crippen molar-refractivity contribution in [2.45, 2.75) is 6.61 Å². The summed E-state index contributed by atoms with van der Waals surface area (Å²) >= 11 is 0. The van der Waals surface area contributed by atoms with E-state index in [1.807, 2.05) is 18.2 Å². The first-order valence-corrected chi connectivity index (χ1v) is 5.19. The average Bonchev–Trinajstić information content (AvgIpc) is 2.39. The fourth-order valence-corrected chi connectivity index (χ4v) is 1.27. The van der Waals surface area contributed by atoms with Gasteiger partial charge in [0, 0.05) is 0 Å². The molecule has 0 aliphatic rings. The predicted molar refractivity (Wildman–Crippen MR) is 62.5 cm³/mol. The molecule has 3 heteroatoms. The zero-order valence-electron chi connectivity index (χ0n) is 9.13. The minimum Gasteiger partial charge on any atom is -0.429 e. The van der Waals surface area contributed by atoms with Crippen LogP contribution in [-0.2, 0) is 11.3 Å². The number of rotatable bonds is 3. The third-order valence-corrected chi connectivity index (χ3v) is 2.09. The van der Waals surface area contributed by atoms with Crippen molar-refractivity contribution in [2.24, 2.45) is 0 Å². The van der Waals surface area contributed by atoms with Gasteiger partial charge in [-0.3, -0.25) is 0 Å². The molecule has 0 saturated heterocycles. The van der Waals surface area contributed by atoms with Crippen LogP contribution in [0.15, 0.2) is 54.6 Å². The van der Waals surface area contributed by atoms with Gasteiger partial charge in [0.15, 0.2) is 0 Å². The molecule has 3 nitrogen and oxygen atoms in total. The second kappa shape index (κ2) is 5.70. The van der Waals surface area contributed by atoms with E-state index in [0.29, 0.717) is 5.75 Å². The second-order valence-corrected chi connectivity index (χ2v) is 3.36. The zero-order valence-corrected chi connectivity index (χ0v) is 9.13. The minimum atomic E-state index is -0.705. The summed E-state index contributed by atoms with van der Waals surface area (Å²) in [7, 11) is 0. The van der Waals surface area contributed by atoms with Crippen molar-refractivity contribution in [3.05, 3.63) is 66.2 Å². The summed E-state index contributed by atoms with van der Waals surface area (Å²) in [5.74, 6) is 0.471. The summed E-state index contributed by atoms with van der Waals surface area (Å²) < 4.78 is 9.92. The Morgan fingerprint density at radius 2 is 1.76 bits per heavy atom. The van der Waals surface area contributed by atoms with Crippen LogP contribution >= 0.6 is 0 Å². The van der Waals surface area contributed by atoms with E-state index in [0.717, 1.165) is 5.56 Å².